The molecule has 1 fully saturated rings. The number of nitrogens with two attached hydrogens (primary N) is 1. The normalized spacial score (nSPS) is 18.6. The van der Waals surface area contributed by atoms with Crippen LogP contribution < -0.4 is 5.73 Å². The van der Waals surface area contributed by atoms with Crippen molar-refractivity contribution in [3.8, 4) is 0 Å². The molecule has 0 bridgehead atoms. The second-order valence-corrected chi connectivity index (χ2v) is 8.40. The molecule has 2 N–H and O–H groups in total. The second kappa shape index (κ2) is 8.73. The number of hydrogen-bond donors (Lipinski definition) is 1. The summed E-state index contributed by atoms with van der Waals surface area (Å²) < 4.78 is 39.0. The summed E-state index contributed by atoms with van der Waals surface area (Å²) in [7, 11) is -2.21. The Morgan fingerprint density at radius 2 is 2.00 bits per heavy atom. The fraction of sp³-hybridized carbons (Fsp3) is 0.588. The molecule has 2 rings (SSSR count). The van der Waals surface area contributed by atoms with Crippen LogP contribution in [0.25, 0.3) is 0 Å². The van der Waals surface area contributed by atoms with Crippen molar-refractivity contribution >= 4 is 15.9 Å². The van der Waals surface area contributed by atoms with Crippen LogP contribution in [-0.4, -0.2) is 56.3 Å². The predicted molar refractivity (Wildman–Crippen MR) is 93.9 cm³/mol. The average Bonchev–Trinajstić information content (AvgIpc) is 2.61. The van der Waals surface area contributed by atoms with Gasteiger partial charge < -0.3 is 10.6 Å². The van der Waals surface area contributed by atoms with Gasteiger partial charge in [-0.3, -0.25) is 4.79 Å². The molecule has 0 saturated carbocycles. The lowest BCUT2D eigenvalue weighted by Crippen LogP contribution is -2.47. The van der Waals surface area contributed by atoms with E-state index in [9.17, 15) is 17.6 Å². The van der Waals surface area contributed by atoms with Crippen molar-refractivity contribution in [1.29, 1.82) is 0 Å². The third-order valence-corrected chi connectivity index (χ3v) is 6.48. The first-order valence-corrected chi connectivity index (χ1v) is 10.0. The van der Waals surface area contributed by atoms with Crippen LogP contribution in [0.15, 0.2) is 29.2 Å². The van der Waals surface area contributed by atoms with E-state index < -0.39 is 15.8 Å². The zero-order valence-corrected chi connectivity index (χ0v) is 15.3. The Morgan fingerprint density at radius 1 is 1.32 bits per heavy atom. The van der Waals surface area contributed by atoms with E-state index in [0.717, 1.165) is 37.9 Å². The van der Waals surface area contributed by atoms with Crippen molar-refractivity contribution in [3.63, 3.8) is 0 Å². The van der Waals surface area contributed by atoms with Crippen LogP contribution in [0.4, 0.5) is 4.39 Å². The summed E-state index contributed by atoms with van der Waals surface area (Å²) in [5, 5.41) is 0. The van der Waals surface area contributed by atoms with Crippen LogP contribution in [0.3, 0.4) is 0 Å². The minimum absolute atomic E-state index is 0.0303. The van der Waals surface area contributed by atoms with Gasteiger partial charge in [0.25, 0.3) is 0 Å². The Balaban J connectivity index is 1.88. The molecule has 140 valence electrons. The average molecular weight is 371 g/mol. The van der Waals surface area contributed by atoms with Crippen molar-refractivity contribution in [2.45, 2.75) is 43.0 Å². The molecule has 0 spiro atoms. The highest BCUT2D eigenvalue weighted by Crippen LogP contribution is 2.19. The van der Waals surface area contributed by atoms with Crippen LogP contribution in [0.1, 0.15) is 32.1 Å². The Kier molecular flexibility index (Phi) is 6.92. The Morgan fingerprint density at radius 3 is 2.64 bits per heavy atom. The second-order valence-electron chi connectivity index (χ2n) is 6.36. The highest BCUT2D eigenvalue weighted by Gasteiger charge is 2.26. The lowest BCUT2D eigenvalue weighted by molar-refractivity contribution is -0.134. The summed E-state index contributed by atoms with van der Waals surface area (Å²) in [5.74, 6) is -0.453. The fourth-order valence-corrected chi connectivity index (χ4v) is 4.29. The molecule has 6 nitrogen and oxygen atoms in total. The standard InChI is InChI=1S/C17H26FN3O3S/c1-20(25(23,24)16-9-7-14(18)8-10-16)11-4-6-17(22)21-12-3-2-5-15(21)13-19/h7-10,15H,2-6,11-13,19H2,1H3. The molecule has 0 aliphatic carbocycles. The minimum atomic E-state index is -3.67. The van der Waals surface area contributed by atoms with Gasteiger partial charge in [-0.1, -0.05) is 0 Å². The summed E-state index contributed by atoms with van der Waals surface area (Å²) in [6, 6.07) is 4.82. The number of likely N-dealkylation sites (tertiary alicyclic amines) is 1. The van der Waals surface area contributed by atoms with Crippen LogP contribution in [0.5, 0.6) is 0 Å². The number of benzene rings is 1. The summed E-state index contributed by atoms with van der Waals surface area (Å²) in [6.07, 6.45) is 3.73. The SMILES string of the molecule is CN(CCCC(=O)N1CCCCC1CN)S(=O)(=O)c1ccc(F)cc1. The van der Waals surface area contributed by atoms with Crippen molar-refractivity contribution in [2.24, 2.45) is 5.73 Å². The van der Waals surface area contributed by atoms with E-state index >= 15 is 0 Å². The zero-order chi connectivity index (χ0) is 18.4. The number of hydrogen-bond acceptors (Lipinski definition) is 4. The smallest absolute Gasteiger partial charge is 0.242 e. The first kappa shape index (κ1) is 19.8. The minimum Gasteiger partial charge on any atom is -0.338 e. The first-order chi connectivity index (χ1) is 11.9. The zero-order valence-electron chi connectivity index (χ0n) is 14.5. The van der Waals surface area contributed by atoms with Gasteiger partial charge in [-0.15, -0.1) is 0 Å². The molecule has 1 aliphatic rings. The Hall–Kier alpha value is -1.51. The van der Waals surface area contributed by atoms with E-state index in [0.29, 0.717) is 19.4 Å². The van der Waals surface area contributed by atoms with Crippen LogP contribution in [-0.2, 0) is 14.8 Å². The molecule has 1 amide bonds. The topological polar surface area (TPSA) is 83.7 Å². The van der Waals surface area contributed by atoms with Gasteiger partial charge >= 0.3 is 0 Å². The van der Waals surface area contributed by atoms with Crippen LogP contribution in [0.2, 0.25) is 0 Å². The molecule has 1 unspecified atom stereocenters. The van der Waals surface area contributed by atoms with Crippen molar-refractivity contribution in [1.82, 2.24) is 9.21 Å². The van der Waals surface area contributed by atoms with Gasteiger partial charge in [-0.25, -0.2) is 17.1 Å². The number of carbonyl (C=O) groups excluding carboxylic acids is 1. The fourth-order valence-electron chi connectivity index (χ4n) is 3.08. The molecule has 0 aromatic heterocycles. The van der Waals surface area contributed by atoms with E-state index in [1.807, 2.05) is 4.90 Å². The maximum atomic E-state index is 12.9. The van der Waals surface area contributed by atoms with Gasteiger partial charge in [0.1, 0.15) is 5.82 Å². The lowest BCUT2D eigenvalue weighted by Gasteiger charge is -2.35. The third-order valence-electron chi connectivity index (χ3n) is 4.61. The molecule has 25 heavy (non-hydrogen) atoms. The molecule has 1 aromatic carbocycles. The van der Waals surface area contributed by atoms with E-state index in [-0.39, 0.29) is 23.4 Å². The maximum absolute atomic E-state index is 12.9. The van der Waals surface area contributed by atoms with Crippen LogP contribution >= 0.6 is 0 Å². The molecule has 0 radical (unpaired) electrons. The number of piperidine rings is 1. The molecule has 1 heterocycles. The van der Waals surface area contributed by atoms with E-state index in [4.69, 9.17) is 5.73 Å². The van der Waals surface area contributed by atoms with E-state index in [1.165, 1.54) is 23.5 Å². The van der Waals surface area contributed by atoms with Gasteiger partial charge in [0.15, 0.2) is 0 Å². The van der Waals surface area contributed by atoms with Gasteiger partial charge in [0.05, 0.1) is 4.90 Å². The van der Waals surface area contributed by atoms with Gasteiger partial charge in [0, 0.05) is 39.1 Å². The largest absolute Gasteiger partial charge is 0.338 e. The summed E-state index contributed by atoms with van der Waals surface area (Å²) >= 11 is 0. The molecule has 1 saturated heterocycles. The molecule has 8 heteroatoms. The molecule has 1 aromatic rings. The maximum Gasteiger partial charge on any atom is 0.242 e. The number of amides is 1. The van der Waals surface area contributed by atoms with Gasteiger partial charge in [0.2, 0.25) is 15.9 Å². The highest BCUT2D eigenvalue weighted by atomic mass is 32.2. The van der Waals surface area contributed by atoms with Crippen LogP contribution in [0, 0.1) is 5.82 Å². The summed E-state index contributed by atoms with van der Waals surface area (Å²) in [4.78, 5) is 14.2. The quantitative estimate of drug-likeness (QED) is 0.788. The Labute approximate surface area is 148 Å². The Bertz CT molecular complexity index is 679. The number of nitrogens with zero attached hydrogens (tertiary/aromatic N) is 2. The summed E-state index contributed by atoms with van der Waals surface area (Å²) in [5.41, 5.74) is 5.73. The molecule has 1 atom stereocenters. The van der Waals surface area contributed by atoms with E-state index in [2.05, 4.69) is 0 Å². The molecular weight excluding hydrogens is 345 g/mol. The van der Waals surface area contributed by atoms with Gasteiger partial charge in [-0.2, -0.15) is 0 Å². The predicted octanol–water partition coefficient (Wildman–Crippen LogP) is 1.57. The monoisotopic (exact) mass is 371 g/mol. The van der Waals surface area contributed by atoms with Crippen molar-refractivity contribution in [2.75, 3.05) is 26.7 Å². The lowest BCUT2D eigenvalue weighted by atomic mass is 10.0. The van der Waals surface area contributed by atoms with Crippen molar-refractivity contribution < 1.29 is 17.6 Å². The molecule has 1 aliphatic heterocycles. The summed E-state index contributed by atoms with van der Waals surface area (Å²) in [6.45, 7) is 1.42. The number of sulfonamides is 1. The highest BCUT2D eigenvalue weighted by molar-refractivity contribution is 7.89. The third kappa shape index (κ3) is 4.99. The first-order valence-electron chi connectivity index (χ1n) is 8.57. The number of carbonyl (C=O) groups is 1. The molecular formula is C17H26FN3O3S. The van der Waals surface area contributed by atoms with E-state index in [1.54, 1.807) is 0 Å². The number of rotatable bonds is 7. The van der Waals surface area contributed by atoms with Crippen molar-refractivity contribution in [3.05, 3.63) is 30.1 Å². The van der Waals surface area contributed by atoms with Gasteiger partial charge in [-0.05, 0) is 49.9 Å². The number of halogens is 1.